The molecule has 5 heteroatoms. The first-order chi connectivity index (χ1) is 10.6. The Morgan fingerprint density at radius 1 is 1.23 bits per heavy atom. The smallest absolute Gasteiger partial charge is 0.258 e. The zero-order chi connectivity index (χ0) is 15.5. The Kier molecular flexibility index (Phi) is 4.55. The minimum Gasteiger partial charge on any atom is -0.482 e. The van der Waals surface area contributed by atoms with Crippen LogP contribution in [0, 0.1) is 0 Å². The quantitative estimate of drug-likeness (QED) is 0.910. The van der Waals surface area contributed by atoms with Crippen molar-refractivity contribution in [3.05, 3.63) is 63.6 Å². The van der Waals surface area contributed by atoms with Crippen molar-refractivity contribution in [3.8, 4) is 5.75 Å². The monoisotopic (exact) mass is 335 g/mol. The predicted octanol–water partition coefficient (Wildman–Crippen LogP) is 4.18. The molecule has 0 heterocycles. The minimum absolute atomic E-state index is 0.0575. The van der Waals surface area contributed by atoms with Crippen molar-refractivity contribution in [2.45, 2.75) is 18.9 Å². The van der Waals surface area contributed by atoms with Crippen molar-refractivity contribution in [2.75, 3.05) is 6.61 Å². The van der Waals surface area contributed by atoms with Crippen LogP contribution in [0.1, 0.15) is 23.6 Å². The van der Waals surface area contributed by atoms with E-state index in [1.54, 1.807) is 18.2 Å². The van der Waals surface area contributed by atoms with E-state index >= 15 is 0 Å². The maximum atomic E-state index is 12.1. The number of carbonyl (C=O) groups excluding carboxylic acids is 1. The zero-order valence-corrected chi connectivity index (χ0v) is 13.3. The van der Waals surface area contributed by atoms with Crippen molar-refractivity contribution in [2.24, 2.45) is 0 Å². The van der Waals surface area contributed by atoms with E-state index < -0.39 is 0 Å². The van der Waals surface area contributed by atoms with Crippen LogP contribution in [-0.4, -0.2) is 12.5 Å². The predicted molar refractivity (Wildman–Crippen MR) is 87.6 cm³/mol. The van der Waals surface area contributed by atoms with Crippen LogP contribution in [-0.2, 0) is 11.2 Å². The van der Waals surface area contributed by atoms with Crippen LogP contribution in [0.5, 0.6) is 5.75 Å². The topological polar surface area (TPSA) is 38.3 Å². The number of hydrogen-bond acceptors (Lipinski definition) is 2. The molecule has 3 rings (SSSR count). The van der Waals surface area contributed by atoms with Gasteiger partial charge in [0.1, 0.15) is 5.75 Å². The Balaban J connectivity index is 1.59. The highest BCUT2D eigenvalue weighted by Gasteiger charge is 2.23. The highest BCUT2D eigenvalue weighted by Crippen LogP contribution is 2.31. The maximum absolute atomic E-state index is 12.1. The van der Waals surface area contributed by atoms with Gasteiger partial charge in [0, 0.05) is 11.1 Å². The van der Waals surface area contributed by atoms with Gasteiger partial charge >= 0.3 is 0 Å². The first-order valence-electron chi connectivity index (χ1n) is 7.08. The molecular weight excluding hydrogens is 321 g/mol. The Morgan fingerprint density at radius 2 is 2.05 bits per heavy atom. The van der Waals surface area contributed by atoms with E-state index in [1.807, 2.05) is 12.1 Å². The molecule has 1 aliphatic rings. The highest BCUT2D eigenvalue weighted by atomic mass is 35.5. The molecule has 0 bridgehead atoms. The molecule has 1 atom stereocenters. The number of aryl methyl sites for hydroxylation is 1. The summed E-state index contributed by atoms with van der Waals surface area (Å²) in [5.74, 6) is 0.244. The molecule has 0 saturated carbocycles. The number of benzene rings is 2. The Hall–Kier alpha value is -1.71. The van der Waals surface area contributed by atoms with E-state index in [9.17, 15) is 4.79 Å². The second-order valence-electron chi connectivity index (χ2n) is 5.22. The number of rotatable bonds is 4. The van der Waals surface area contributed by atoms with Gasteiger partial charge in [0.15, 0.2) is 6.61 Å². The first kappa shape index (κ1) is 15.2. The van der Waals surface area contributed by atoms with Gasteiger partial charge in [0.25, 0.3) is 5.91 Å². The lowest BCUT2D eigenvalue weighted by molar-refractivity contribution is -0.123. The Morgan fingerprint density at radius 3 is 2.91 bits per heavy atom. The lowest BCUT2D eigenvalue weighted by Crippen LogP contribution is -2.31. The van der Waals surface area contributed by atoms with Crippen molar-refractivity contribution < 1.29 is 9.53 Å². The van der Waals surface area contributed by atoms with Crippen molar-refractivity contribution in [1.82, 2.24) is 5.32 Å². The third-order valence-corrected chi connectivity index (χ3v) is 4.27. The summed E-state index contributed by atoms with van der Waals surface area (Å²) in [4.78, 5) is 12.1. The van der Waals surface area contributed by atoms with Gasteiger partial charge < -0.3 is 10.1 Å². The molecule has 1 aliphatic carbocycles. The van der Waals surface area contributed by atoms with Gasteiger partial charge in [0.2, 0.25) is 0 Å². The largest absolute Gasteiger partial charge is 0.482 e. The summed E-state index contributed by atoms with van der Waals surface area (Å²) in [5.41, 5.74) is 2.49. The van der Waals surface area contributed by atoms with Gasteiger partial charge in [-0.05, 0) is 36.1 Å². The lowest BCUT2D eigenvalue weighted by atomic mass is 10.1. The molecule has 22 heavy (non-hydrogen) atoms. The summed E-state index contributed by atoms with van der Waals surface area (Å²) in [5, 5.41) is 3.95. The molecule has 0 fully saturated rings. The maximum Gasteiger partial charge on any atom is 0.258 e. The molecule has 114 valence electrons. The molecule has 2 aromatic rings. The third-order valence-electron chi connectivity index (χ3n) is 3.72. The standard InChI is InChI=1S/C17H15Cl2NO2/c18-12-6-7-14(19)16(9-12)22-10-17(21)20-15-8-5-11-3-1-2-4-13(11)15/h1-4,6-7,9,15H,5,8,10H2,(H,20,21)/t15-/m1/s1. The van der Waals surface area contributed by atoms with E-state index in [1.165, 1.54) is 11.1 Å². The SMILES string of the molecule is O=C(COc1cc(Cl)ccc1Cl)N[C@@H]1CCc2ccccc21. The number of halogens is 2. The fourth-order valence-electron chi connectivity index (χ4n) is 2.67. The van der Waals surface area contributed by atoms with Crippen molar-refractivity contribution >= 4 is 29.1 Å². The van der Waals surface area contributed by atoms with Crippen molar-refractivity contribution in [1.29, 1.82) is 0 Å². The van der Waals surface area contributed by atoms with Crippen LogP contribution in [0.15, 0.2) is 42.5 Å². The first-order valence-corrected chi connectivity index (χ1v) is 7.84. The molecular formula is C17H15Cl2NO2. The molecule has 1 N–H and O–H groups in total. The summed E-state index contributed by atoms with van der Waals surface area (Å²) < 4.78 is 5.45. The van der Waals surface area contributed by atoms with Crippen LogP contribution in [0.4, 0.5) is 0 Å². The number of carbonyl (C=O) groups is 1. The van der Waals surface area contributed by atoms with Gasteiger partial charge in [-0.3, -0.25) is 4.79 Å². The molecule has 2 aromatic carbocycles. The normalized spacial score (nSPS) is 16.2. The van der Waals surface area contributed by atoms with Gasteiger partial charge in [0.05, 0.1) is 11.1 Å². The molecule has 0 saturated heterocycles. The number of ether oxygens (including phenoxy) is 1. The molecule has 0 radical (unpaired) electrons. The van der Waals surface area contributed by atoms with Crippen LogP contribution < -0.4 is 10.1 Å². The molecule has 3 nitrogen and oxygen atoms in total. The van der Waals surface area contributed by atoms with Gasteiger partial charge in [-0.2, -0.15) is 0 Å². The summed E-state index contributed by atoms with van der Waals surface area (Å²) in [6, 6.07) is 13.1. The van der Waals surface area contributed by atoms with Gasteiger partial charge in [-0.1, -0.05) is 47.5 Å². The Labute approximate surface area is 139 Å². The van der Waals surface area contributed by atoms with Crippen LogP contribution in [0.2, 0.25) is 10.0 Å². The molecule has 0 aliphatic heterocycles. The molecule has 1 amide bonds. The number of amides is 1. The number of fused-ring (bicyclic) bond motifs is 1. The third kappa shape index (κ3) is 3.37. The van der Waals surface area contributed by atoms with E-state index in [0.29, 0.717) is 15.8 Å². The van der Waals surface area contributed by atoms with Crippen molar-refractivity contribution in [3.63, 3.8) is 0 Å². The molecule has 0 unspecified atom stereocenters. The number of hydrogen-bond donors (Lipinski definition) is 1. The average molecular weight is 336 g/mol. The minimum atomic E-state index is -0.169. The second kappa shape index (κ2) is 6.59. The van der Waals surface area contributed by atoms with E-state index in [-0.39, 0.29) is 18.6 Å². The van der Waals surface area contributed by atoms with E-state index in [0.717, 1.165) is 12.8 Å². The van der Waals surface area contributed by atoms with Gasteiger partial charge in [-0.15, -0.1) is 0 Å². The highest BCUT2D eigenvalue weighted by molar-refractivity contribution is 6.34. The summed E-state index contributed by atoms with van der Waals surface area (Å²) in [6.07, 6.45) is 1.91. The summed E-state index contributed by atoms with van der Waals surface area (Å²) in [7, 11) is 0. The lowest BCUT2D eigenvalue weighted by Gasteiger charge is -2.15. The van der Waals surface area contributed by atoms with Crippen LogP contribution in [0.25, 0.3) is 0 Å². The number of nitrogens with one attached hydrogen (secondary N) is 1. The zero-order valence-electron chi connectivity index (χ0n) is 11.8. The fraction of sp³-hybridized carbons (Fsp3) is 0.235. The Bertz CT molecular complexity index is 703. The van der Waals surface area contributed by atoms with Crippen LogP contribution >= 0.6 is 23.2 Å². The van der Waals surface area contributed by atoms with E-state index in [4.69, 9.17) is 27.9 Å². The van der Waals surface area contributed by atoms with E-state index in [2.05, 4.69) is 17.4 Å². The molecule has 0 aromatic heterocycles. The summed E-state index contributed by atoms with van der Waals surface area (Å²) >= 11 is 11.9. The van der Waals surface area contributed by atoms with Gasteiger partial charge in [-0.25, -0.2) is 0 Å². The molecule has 0 spiro atoms. The summed E-state index contributed by atoms with van der Waals surface area (Å²) in [6.45, 7) is -0.0846. The second-order valence-corrected chi connectivity index (χ2v) is 6.06. The fourth-order valence-corrected chi connectivity index (χ4v) is 3.01. The average Bonchev–Trinajstić information content (AvgIpc) is 2.91. The van der Waals surface area contributed by atoms with Crippen LogP contribution in [0.3, 0.4) is 0 Å².